The lowest BCUT2D eigenvalue weighted by Gasteiger charge is -2.12. The SMILES string of the molecule is C=C/C=C(\C(F)=C(\F)Cc1ccc2cc(CCCCC)ccc2c1F)c1ccc(-c2ccc(CCCC=C)c(F)c2F)cc1. The molecule has 0 saturated carbocycles. The Bertz CT molecular complexity index is 1690. The third kappa shape index (κ3) is 7.63. The van der Waals surface area contributed by atoms with E-state index in [1.807, 2.05) is 12.1 Å². The molecule has 0 aliphatic heterocycles. The summed E-state index contributed by atoms with van der Waals surface area (Å²) in [5, 5.41) is 1.08. The van der Waals surface area contributed by atoms with Crippen molar-refractivity contribution in [3.8, 4) is 11.1 Å². The molecular weight excluding hydrogens is 563 g/mol. The number of rotatable bonds is 14. The predicted molar refractivity (Wildman–Crippen MR) is 173 cm³/mol. The second-order valence-corrected chi connectivity index (χ2v) is 10.9. The zero-order chi connectivity index (χ0) is 31.6. The van der Waals surface area contributed by atoms with Crippen LogP contribution in [0.3, 0.4) is 0 Å². The van der Waals surface area contributed by atoms with Gasteiger partial charge in [-0.25, -0.2) is 22.0 Å². The minimum Gasteiger partial charge on any atom is -0.208 e. The summed E-state index contributed by atoms with van der Waals surface area (Å²) < 4.78 is 75.8. The van der Waals surface area contributed by atoms with Crippen LogP contribution in [-0.2, 0) is 19.3 Å². The minimum absolute atomic E-state index is 0.0441. The molecule has 0 amide bonds. The van der Waals surface area contributed by atoms with Crippen LogP contribution in [0.4, 0.5) is 22.0 Å². The van der Waals surface area contributed by atoms with Gasteiger partial charge >= 0.3 is 0 Å². The van der Waals surface area contributed by atoms with E-state index in [0.29, 0.717) is 41.3 Å². The van der Waals surface area contributed by atoms with E-state index in [1.54, 1.807) is 24.3 Å². The lowest BCUT2D eigenvalue weighted by Crippen LogP contribution is -1.98. The molecule has 0 radical (unpaired) electrons. The Kier molecular flexibility index (Phi) is 11.5. The van der Waals surface area contributed by atoms with E-state index >= 15 is 13.2 Å². The molecule has 0 heterocycles. The zero-order valence-electron chi connectivity index (χ0n) is 25.0. The highest BCUT2D eigenvalue weighted by molar-refractivity contribution is 5.85. The van der Waals surface area contributed by atoms with Crippen LogP contribution in [0.15, 0.2) is 110 Å². The summed E-state index contributed by atoms with van der Waals surface area (Å²) in [6.07, 6.45) is 9.76. The summed E-state index contributed by atoms with van der Waals surface area (Å²) in [7, 11) is 0. The maximum atomic E-state index is 15.5. The number of aryl methyl sites for hydroxylation is 2. The van der Waals surface area contributed by atoms with E-state index in [-0.39, 0.29) is 16.7 Å². The highest BCUT2D eigenvalue weighted by Gasteiger charge is 2.19. The van der Waals surface area contributed by atoms with Gasteiger partial charge in [-0.05, 0) is 65.3 Å². The largest absolute Gasteiger partial charge is 0.208 e. The highest BCUT2D eigenvalue weighted by Crippen LogP contribution is 2.33. The topological polar surface area (TPSA) is 0 Å². The fourth-order valence-corrected chi connectivity index (χ4v) is 5.33. The van der Waals surface area contributed by atoms with Gasteiger partial charge < -0.3 is 0 Å². The van der Waals surface area contributed by atoms with Gasteiger partial charge in [0.25, 0.3) is 0 Å². The van der Waals surface area contributed by atoms with Crippen molar-refractivity contribution in [3.05, 3.63) is 149 Å². The third-order valence-corrected chi connectivity index (χ3v) is 7.80. The summed E-state index contributed by atoms with van der Waals surface area (Å²) in [6, 6.07) is 17.9. The molecule has 0 aliphatic rings. The Labute approximate surface area is 257 Å². The number of unbranched alkanes of at least 4 members (excludes halogenated alkanes) is 3. The van der Waals surface area contributed by atoms with Gasteiger partial charge in [0.2, 0.25) is 0 Å². The first-order valence-electron chi connectivity index (χ1n) is 15.0. The molecule has 4 aromatic carbocycles. The van der Waals surface area contributed by atoms with Crippen molar-refractivity contribution in [1.29, 1.82) is 0 Å². The maximum absolute atomic E-state index is 15.5. The second-order valence-electron chi connectivity index (χ2n) is 10.9. The number of allylic oxidation sites excluding steroid dienone is 6. The van der Waals surface area contributed by atoms with Crippen molar-refractivity contribution < 1.29 is 22.0 Å². The van der Waals surface area contributed by atoms with E-state index in [9.17, 15) is 8.78 Å². The van der Waals surface area contributed by atoms with Crippen molar-refractivity contribution in [2.24, 2.45) is 0 Å². The fourth-order valence-electron chi connectivity index (χ4n) is 5.33. The predicted octanol–water partition coefficient (Wildman–Crippen LogP) is 12.1. The van der Waals surface area contributed by atoms with Gasteiger partial charge in [-0.1, -0.05) is 111 Å². The first-order valence-corrected chi connectivity index (χ1v) is 15.0. The Hall–Kier alpha value is -4.25. The van der Waals surface area contributed by atoms with Crippen LogP contribution in [0, 0.1) is 17.5 Å². The molecule has 44 heavy (non-hydrogen) atoms. The molecule has 4 rings (SSSR count). The Morgan fingerprint density at radius 3 is 2.20 bits per heavy atom. The normalized spacial score (nSPS) is 12.4. The fraction of sp³-hybridized carbons (Fsp3) is 0.231. The summed E-state index contributed by atoms with van der Waals surface area (Å²) in [6.45, 7) is 9.39. The van der Waals surface area contributed by atoms with Gasteiger partial charge in [0, 0.05) is 22.9 Å². The number of hydrogen-bond donors (Lipinski definition) is 0. The highest BCUT2D eigenvalue weighted by atomic mass is 19.2. The van der Waals surface area contributed by atoms with Crippen molar-refractivity contribution >= 4 is 16.3 Å². The molecule has 0 spiro atoms. The second kappa shape index (κ2) is 15.5. The molecule has 0 fully saturated rings. The molecule has 0 nitrogen and oxygen atoms in total. The molecule has 0 bridgehead atoms. The molecule has 0 unspecified atom stereocenters. The average Bonchev–Trinajstić information content (AvgIpc) is 3.03. The molecular formula is C39H37F5. The number of fused-ring (bicyclic) bond motifs is 1. The monoisotopic (exact) mass is 600 g/mol. The Morgan fingerprint density at radius 2 is 1.50 bits per heavy atom. The lowest BCUT2D eigenvalue weighted by atomic mass is 9.96. The summed E-state index contributed by atoms with van der Waals surface area (Å²) >= 11 is 0. The molecule has 0 N–H and O–H groups in total. The zero-order valence-corrected chi connectivity index (χ0v) is 25.0. The summed E-state index contributed by atoms with van der Waals surface area (Å²) in [4.78, 5) is 0. The summed E-state index contributed by atoms with van der Waals surface area (Å²) in [5.41, 5.74) is 2.12. The molecule has 0 aliphatic carbocycles. The number of benzene rings is 4. The van der Waals surface area contributed by atoms with Crippen LogP contribution in [0.5, 0.6) is 0 Å². The van der Waals surface area contributed by atoms with Crippen molar-refractivity contribution in [3.63, 3.8) is 0 Å². The Morgan fingerprint density at radius 1 is 0.750 bits per heavy atom. The lowest BCUT2D eigenvalue weighted by molar-refractivity contribution is 0.500. The van der Waals surface area contributed by atoms with E-state index in [1.165, 1.54) is 48.6 Å². The van der Waals surface area contributed by atoms with Gasteiger partial charge in [0.05, 0.1) is 0 Å². The van der Waals surface area contributed by atoms with Gasteiger partial charge in [0.15, 0.2) is 17.5 Å². The van der Waals surface area contributed by atoms with Crippen LogP contribution < -0.4 is 0 Å². The number of halogens is 5. The van der Waals surface area contributed by atoms with E-state index in [4.69, 9.17) is 0 Å². The first kappa shape index (κ1) is 32.7. The smallest absolute Gasteiger partial charge is 0.166 e. The van der Waals surface area contributed by atoms with Crippen molar-refractivity contribution in [2.75, 3.05) is 0 Å². The van der Waals surface area contributed by atoms with E-state index in [0.717, 1.165) is 36.6 Å². The molecule has 0 aromatic heterocycles. The van der Waals surface area contributed by atoms with Crippen LogP contribution in [-0.4, -0.2) is 0 Å². The van der Waals surface area contributed by atoms with Gasteiger partial charge in [0.1, 0.15) is 11.6 Å². The van der Waals surface area contributed by atoms with Crippen LogP contribution in [0.1, 0.15) is 61.3 Å². The Balaban J connectivity index is 1.56. The van der Waals surface area contributed by atoms with Crippen LogP contribution in [0.25, 0.3) is 27.5 Å². The molecule has 228 valence electrons. The first-order chi connectivity index (χ1) is 21.3. The van der Waals surface area contributed by atoms with Crippen LogP contribution >= 0.6 is 0 Å². The van der Waals surface area contributed by atoms with E-state index < -0.39 is 35.5 Å². The van der Waals surface area contributed by atoms with Crippen molar-refractivity contribution in [2.45, 2.75) is 58.3 Å². The standard InChI is InChI=1S/C39H37F5/c1-4-7-9-12-26-14-22-34-30(24-26)19-20-31(36(34)41)25-35(40)38(43)32(11-6-3)27-15-17-28(18-16-27)33-23-21-29(13-10-8-5-2)37(42)39(33)44/h5-6,11,14-24H,2-4,7-10,12-13,25H2,1H3/b32-11-,38-35-. The summed E-state index contributed by atoms with van der Waals surface area (Å²) in [5.74, 6) is -4.71. The number of hydrogen-bond acceptors (Lipinski definition) is 0. The van der Waals surface area contributed by atoms with Gasteiger partial charge in [-0.3, -0.25) is 0 Å². The minimum atomic E-state index is -1.15. The quantitative estimate of drug-likeness (QED) is 0.0585. The molecule has 4 aromatic rings. The van der Waals surface area contributed by atoms with Crippen molar-refractivity contribution in [1.82, 2.24) is 0 Å². The molecule has 0 atom stereocenters. The molecule has 0 saturated heterocycles. The third-order valence-electron chi connectivity index (χ3n) is 7.80. The van der Waals surface area contributed by atoms with Gasteiger partial charge in [-0.2, -0.15) is 0 Å². The van der Waals surface area contributed by atoms with Crippen LogP contribution in [0.2, 0.25) is 0 Å². The average molecular weight is 601 g/mol. The maximum Gasteiger partial charge on any atom is 0.166 e. The van der Waals surface area contributed by atoms with Gasteiger partial charge in [-0.15, -0.1) is 6.58 Å². The van der Waals surface area contributed by atoms with E-state index in [2.05, 4.69) is 20.1 Å². The molecule has 5 heteroatoms.